The van der Waals surface area contributed by atoms with Crippen LogP contribution in [0.15, 0.2) is 42.5 Å². The summed E-state index contributed by atoms with van der Waals surface area (Å²) in [6, 6.07) is 13.5. The van der Waals surface area contributed by atoms with Crippen LogP contribution in [0.4, 0.5) is 23.1 Å². The van der Waals surface area contributed by atoms with E-state index in [2.05, 4.69) is 42.5 Å². The van der Waals surface area contributed by atoms with E-state index in [9.17, 15) is 4.79 Å². The monoisotopic (exact) mass is 420 g/mol. The third-order valence-corrected chi connectivity index (χ3v) is 5.54. The average molecular weight is 421 g/mol. The maximum Gasteiger partial charge on any atom is 0.229 e. The van der Waals surface area contributed by atoms with Crippen LogP contribution in [-0.2, 0) is 6.42 Å². The molecule has 0 unspecified atom stereocenters. The van der Waals surface area contributed by atoms with Gasteiger partial charge >= 0.3 is 0 Å². The first-order valence-electron chi connectivity index (χ1n) is 10.0. The van der Waals surface area contributed by atoms with Crippen molar-refractivity contribution in [3.8, 4) is 0 Å². The third kappa shape index (κ3) is 4.31. The van der Waals surface area contributed by atoms with Gasteiger partial charge < -0.3 is 10.6 Å². The lowest BCUT2D eigenvalue weighted by Gasteiger charge is -2.30. The van der Waals surface area contributed by atoms with Crippen molar-refractivity contribution in [2.24, 2.45) is 5.41 Å². The number of carbonyl (C=O) groups excluding carboxylic acids is 1. The quantitative estimate of drug-likeness (QED) is 0.511. The SMILES string of the molecule is Cc1ccc(Nc2nc(Nc3ccc(Cl)cc3)nc3c2C(=O)CC(C)(C)C3)c(C)c1. The first-order chi connectivity index (χ1) is 14.2. The van der Waals surface area contributed by atoms with Gasteiger partial charge in [-0.3, -0.25) is 4.79 Å². The number of carbonyl (C=O) groups is 1. The molecule has 5 nitrogen and oxygen atoms in total. The summed E-state index contributed by atoms with van der Waals surface area (Å²) in [6.07, 6.45) is 1.20. The summed E-state index contributed by atoms with van der Waals surface area (Å²) in [4.78, 5) is 22.4. The number of halogens is 1. The topological polar surface area (TPSA) is 66.9 Å². The van der Waals surface area contributed by atoms with E-state index in [4.69, 9.17) is 16.6 Å². The molecule has 0 fully saturated rings. The molecule has 2 aromatic carbocycles. The Hall–Kier alpha value is -2.92. The summed E-state index contributed by atoms with van der Waals surface area (Å²) in [5.41, 5.74) is 5.28. The Balaban J connectivity index is 1.78. The second-order valence-electron chi connectivity index (χ2n) is 8.73. The van der Waals surface area contributed by atoms with Crippen LogP contribution in [0, 0.1) is 19.3 Å². The molecule has 154 valence electrons. The van der Waals surface area contributed by atoms with Crippen LogP contribution in [0.1, 0.15) is 47.4 Å². The van der Waals surface area contributed by atoms with E-state index >= 15 is 0 Å². The molecule has 2 N–H and O–H groups in total. The first-order valence-corrected chi connectivity index (χ1v) is 10.4. The highest BCUT2D eigenvalue weighted by Crippen LogP contribution is 2.38. The number of ketones is 1. The fourth-order valence-electron chi connectivity index (χ4n) is 3.86. The number of anilines is 4. The summed E-state index contributed by atoms with van der Waals surface area (Å²) in [7, 11) is 0. The van der Waals surface area contributed by atoms with Crippen molar-refractivity contribution in [2.45, 2.75) is 40.5 Å². The maximum absolute atomic E-state index is 13.0. The Labute approximate surface area is 181 Å². The molecular weight excluding hydrogens is 396 g/mol. The minimum atomic E-state index is -0.132. The molecule has 0 amide bonds. The van der Waals surface area contributed by atoms with Crippen molar-refractivity contribution in [1.82, 2.24) is 9.97 Å². The van der Waals surface area contributed by atoms with Gasteiger partial charge in [0.25, 0.3) is 0 Å². The lowest BCUT2D eigenvalue weighted by atomic mass is 9.75. The molecule has 1 aromatic heterocycles. The number of Topliss-reactive ketones (excluding diaryl/α,β-unsaturated/α-hetero) is 1. The fourth-order valence-corrected chi connectivity index (χ4v) is 3.98. The standard InChI is InChI=1S/C24H25ClN4O/c1-14-5-10-18(15(2)11-14)27-22-21-19(12-24(3,4)13-20(21)30)28-23(29-22)26-17-8-6-16(25)7-9-17/h5-11H,12-13H2,1-4H3,(H2,26,27,28,29). The van der Waals surface area contributed by atoms with Gasteiger partial charge in [0.15, 0.2) is 5.78 Å². The number of rotatable bonds is 4. The van der Waals surface area contributed by atoms with Crippen molar-refractivity contribution in [1.29, 1.82) is 0 Å². The molecule has 3 aromatic rings. The highest BCUT2D eigenvalue weighted by Gasteiger charge is 2.35. The van der Waals surface area contributed by atoms with E-state index in [1.54, 1.807) is 0 Å². The van der Waals surface area contributed by atoms with Crippen LogP contribution < -0.4 is 10.6 Å². The molecule has 1 aliphatic carbocycles. The number of nitrogens with one attached hydrogen (secondary N) is 2. The van der Waals surface area contributed by atoms with E-state index in [0.29, 0.717) is 35.2 Å². The summed E-state index contributed by atoms with van der Waals surface area (Å²) in [5.74, 6) is 1.07. The summed E-state index contributed by atoms with van der Waals surface area (Å²) < 4.78 is 0. The van der Waals surface area contributed by atoms with E-state index < -0.39 is 0 Å². The predicted octanol–water partition coefficient (Wildman–Crippen LogP) is 6.39. The van der Waals surface area contributed by atoms with Gasteiger partial charge in [0.1, 0.15) is 5.82 Å². The van der Waals surface area contributed by atoms with E-state index in [1.165, 1.54) is 5.56 Å². The minimum absolute atomic E-state index is 0.0755. The van der Waals surface area contributed by atoms with Crippen molar-refractivity contribution in [2.75, 3.05) is 10.6 Å². The van der Waals surface area contributed by atoms with Gasteiger partial charge in [-0.05, 0) is 61.6 Å². The Morgan fingerprint density at radius 2 is 1.70 bits per heavy atom. The van der Waals surface area contributed by atoms with Gasteiger partial charge in [0.2, 0.25) is 5.95 Å². The number of fused-ring (bicyclic) bond motifs is 1. The van der Waals surface area contributed by atoms with Crippen LogP contribution in [0.2, 0.25) is 5.02 Å². The van der Waals surface area contributed by atoms with Crippen LogP contribution in [0.5, 0.6) is 0 Å². The highest BCUT2D eigenvalue weighted by molar-refractivity contribution is 6.30. The Morgan fingerprint density at radius 1 is 0.967 bits per heavy atom. The molecule has 0 spiro atoms. The van der Waals surface area contributed by atoms with Crippen LogP contribution in [-0.4, -0.2) is 15.8 Å². The Bertz CT molecular complexity index is 1120. The first kappa shape index (κ1) is 20.4. The molecule has 0 saturated carbocycles. The molecule has 1 aliphatic rings. The van der Waals surface area contributed by atoms with Gasteiger partial charge in [-0.2, -0.15) is 4.98 Å². The summed E-state index contributed by atoms with van der Waals surface area (Å²) in [5, 5.41) is 7.29. The molecule has 30 heavy (non-hydrogen) atoms. The van der Waals surface area contributed by atoms with Gasteiger partial charge in [-0.15, -0.1) is 0 Å². The van der Waals surface area contributed by atoms with E-state index in [0.717, 1.165) is 22.6 Å². The molecule has 1 heterocycles. The van der Waals surface area contributed by atoms with Crippen LogP contribution >= 0.6 is 11.6 Å². The fraction of sp³-hybridized carbons (Fsp3) is 0.292. The van der Waals surface area contributed by atoms with Crippen molar-refractivity contribution in [3.05, 3.63) is 69.9 Å². The van der Waals surface area contributed by atoms with Crippen molar-refractivity contribution >= 4 is 40.5 Å². The number of benzene rings is 2. The van der Waals surface area contributed by atoms with Gasteiger partial charge in [0, 0.05) is 22.8 Å². The average Bonchev–Trinajstić information content (AvgIpc) is 2.64. The molecule has 0 aliphatic heterocycles. The number of aryl methyl sites for hydroxylation is 2. The van der Waals surface area contributed by atoms with Crippen molar-refractivity contribution in [3.63, 3.8) is 0 Å². The van der Waals surface area contributed by atoms with Gasteiger partial charge in [-0.1, -0.05) is 43.1 Å². The number of hydrogen-bond donors (Lipinski definition) is 2. The van der Waals surface area contributed by atoms with Crippen LogP contribution in [0.3, 0.4) is 0 Å². The zero-order chi connectivity index (χ0) is 21.5. The van der Waals surface area contributed by atoms with Crippen molar-refractivity contribution < 1.29 is 4.79 Å². The molecule has 0 radical (unpaired) electrons. The number of nitrogens with zero attached hydrogens (tertiary/aromatic N) is 2. The summed E-state index contributed by atoms with van der Waals surface area (Å²) in [6.45, 7) is 8.29. The molecular formula is C24H25ClN4O. The Kier molecular flexibility index (Phi) is 5.24. The second-order valence-corrected chi connectivity index (χ2v) is 9.17. The largest absolute Gasteiger partial charge is 0.339 e. The highest BCUT2D eigenvalue weighted by atomic mass is 35.5. The zero-order valence-electron chi connectivity index (χ0n) is 17.6. The minimum Gasteiger partial charge on any atom is -0.339 e. The Morgan fingerprint density at radius 3 is 2.40 bits per heavy atom. The predicted molar refractivity (Wildman–Crippen MR) is 122 cm³/mol. The second kappa shape index (κ2) is 7.73. The molecule has 0 saturated heterocycles. The normalized spacial score (nSPS) is 14.9. The summed E-state index contributed by atoms with van der Waals surface area (Å²) >= 11 is 5.99. The van der Waals surface area contributed by atoms with E-state index in [-0.39, 0.29) is 11.2 Å². The lowest BCUT2D eigenvalue weighted by Crippen LogP contribution is -2.29. The van der Waals surface area contributed by atoms with Gasteiger partial charge in [-0.25, -0.2) is 4.98 Å². The van der Waals surface area contributed by atoms with E-state index in [1.807, 2.05) is 43.3 Å². The molecule has 4 rings (SSSR count). The smallest absolute Gasteiger partial charge is 0.229 e. The molecule has 0 bridgehead atoms. The molecule has 0 atom stereocenters. The zero-order valence-corrected chi connectivity index (χ0v) is 18.4. The maximum atomic E-state index is 13.0. The third-order valence-electron chi connectivity index (χ3n) is 5.28. The number of hydrogen-bond acceptors (Lipinski definition) is 5. The molecule has 6 heteroatoms. The lowest BCUT2D eigenvalue weighted by molar-refractivity contribution is 0.0911. The number of aromatic nitrogens is 2. The van der Waals surface area contributed by atoms with Gasteiger partial charge in [0.05, 0.1) is 11.3 Å². The van der Waals surface area contributed by atoms with Crippen LogP contribution in [0.25, 0.3) is 0 Å².